The first kappa shape index (κ1) is 13.5. The molecule has 1 rings (SSSR count). The number of carbonyl (C=O) groups is 1. The van der Waals surface area contributed by atoms with E-state index in [2.05, 4.69) is 0 Å². The van der Waals surface area contributed by atoms with Gasteiger partial charge in [0.2, 0.25) is 0 Å². The van der Waals surface area contributed by atoms with Crippen LogP contribution in [0.5, 0.6) is 5.75 Å². The van der Waals surface area contributed by atoms with Gasteiger partial charge in [-0.15, -0.1) is 0 Å². The van der Waals surface area contributed by atoms with Gasteiger partial charge in [-0.05, 0) is 24.6 Å². The highest BCUT2D eigenvalue weighted by Gasteiger charge is 2.31. The molecule has 1 atom stereocenters. The molecule has 0 heterocycles. The molecular formula is C11H12F3NO2. The summed E-state index contributed by atoms with van der Waals surface area (Å²) in [6.45, 7) is -0.0286. The number of aromatic hydroxyl groups is 1. The summed E-state index contributed by atoms with van der Waals surface area (Å²) in [6.07, 6.45) is -0.340. The van der Waals surface area contributed by atoms with Crippen molar-refractivity contribution < 1.29 is 23.1 Å². The first-order valence-corrected chi connectivity index (χ1v) is 4.83. The van der Waals surface area contributed by atoms with Crippen LogP contribution < -0.4 is 5.73 Å². The zero-order valence-corrected chi connectivity index (χ0v) is 9.14. The molecule has 0 saturated heterocycles. The van der Waals surface area contributed by atoms with Crippen molar-refractivity contribution in [3.63, 3.8) is 0 Å². The van der Waals surface area contributed by atoms with E-state index in [1.807, 2.05) is 0 Å². The second-order valence-corrected chi connectivity index (χ2v) is 3.93. The van der Waals surface area contributed by atoms with E-state index < -0.39 is 35.4 Å². The number of nitrogens with two attached hydrogens (primary N) is 1. The van der Waals surface area contributed by atoms with Gasteiger partial charge in [0, 0.05) is 6.42 Å². The second-order valence-electron chi connectivity index (χ2n) is 3.93. The lowest BCUT2D eigenvalue weighted by atomic mass is 9.89. The quantitative estimate of drug-likeness (QED) is 0.846. The van der Waals surface area contributed by atoms with Gasteiger partial charge in [0.1, 0.15) is 12.2 Å². The van der Waals surface area contributed by atoms with Crippen LogP contribution in [0.1, 0.15) is 12.5 Å². The molecular weight excluding hydrogens is 235 g/mol. The average molecular weight is 247 g/mol. The molecule has 0 bridgehead atoms. The van der Waals surface area contributed by atoms with E-state index in [9.17, 15) is 18.0 Å². The number of carbonyl (C=O) groups excluding carboxylic acids is 1. The number of Topliss-reactive ketones (excluding diaryl/α,β-unsaturated/α-hetero) is 1. The molecule has 0 aromatic heterocycles. The Morgan fingerprint density at radius 1 is 1.41 bits per heavy atom. The topological polar surface area (TPSA) is 63.3 Å². The molecule has 0 amide bonds. The van der Waals surface area contributed by atoms with Crippen molar-refractivity contribution in [1.82, 2.24) is 0 Å². The van der Waals surface area contributed by atoms with Crippen LogP contribution in [0.15, 0.2) is 12.1 Å². The summed E-state index contributed by atoms with van der Waals surface area (Å²) in [5.41, 5.74) is 3.69. The Balaban J connectivity index is 3.07. The predicted octanol–water partition coefficient (Wildman–Crippen LogP) is 1.47. The number of hydrogen-bond acceptors (Lipinski definition) is 3. The lowest BCUT2D eigenvalue weighted by molar-refractivity contribution is -0.122. The molecule has 1 aromatic carbocycles. The molecule has 0 aliphatic heterocycles. The number of phenolic OH excluding ortho intramolecular Hbond substituents is 1. The second kappa shape index (κ2) is 4.75. The summed E-state index contributed by atoms with van der Waals surface area (Å²) in [5, 5.41) is 8.87. The molecule has 3 N–H and O–H groups in total. The number of hydrogen-bond donors (Lipinski definition) is 2. The van der Waals surface area contributed by atoms with Gasteiger partial charge >= 0.3 is 0 Å². The van der Waals surface area contributed by atoms with E-state index in [1.165, 1.54) is 0 Å². The number of ketones is 1. The van der Waals surface area contributed by atoms with Gasteiger partial charge in [0.25, 0.3) is 0 Å². The maximum Gasteiger partial charge on any atom is 0.187 e. The van der Waals surface area contributed by atoms with E-state index in [0.29, 0.717) is 0 Å². The fourth-order valence-electron chi connectivity index (χ4n) is 1.35. The van der Waals surface area contributed by atoms with Gasteiger partial charge in [0.15, 0.2) is 23.2 Å². The summed E-state index contributed by atoms with van der Waals surface area (Å²) in [5.74, 6) is -4.08. The van der Waals surface area contributed by atoms with E-state index >= 15 is 0 Å². The van der Waals surface area contributed by atoms with Crippen LogP contribution in [0, 0.1) is 11.6 Å². The Labute approximate surface area is 96.0 Å². The van der Waals surface area contributed by atoms with Gasteiger partial charge in [0.05, 0.1) is 0 Å². The fraction of sp³-hybridized carbons (Fsp3) is 0.364. The van der Waals surface area contributed by atoms with Crippen molar-refractivity contribution in [1.29, 1.82) is 0 Å². The largest absolute Gasteiger partial charge is 0.503 e. The lowest BCUT2D eigenvalue weighted by Crippen LogP contribution is -2.50. The zero-order valence-electron chi connectivity index (χ0n) is 9.14. The molecule has 0 saturated carbocycles. The number of benzene rings is 1. The van der Waals surface area contributed by atoms with Crippen molar-refractivity contribution in [2.75, 3.05) is 6.67 Å². The highest BCUT2D eigenvalue weighted by molar-refractivity contribution is 5.86. The van der Waals surface area contributed by atoms with Gasteiger partial charge in [-0.2, -0.15) is 0 Å². The molecule has 0 fully saturated rings. The maximum absolute atomic E-state index is 13.0. The Morgan fingerprint density at radius 3 is 2.24 bits per heavy atom. The van der Waals surface area contributed by atoms with E-state index in [0.717, 1.165) is 19.1 Å². The molecule has 0 aliphatic carbocycles. The van der Waals surface area contributed by atoms with Gasteiger partial charge in [-0.1, -0.05) is 0 Å². The number of rotatable bonds is 4. The first-order chi connectivity index (χ1) is 7.80. The fourth-order valence-corrected chi connectivity index (χ4v) is 1.35. The minimum atomic E-state index is -1.80. The third-order valence-electron chi connectivity index (χ3n) is 2.54. The summed E-state index contributed by atoms with van der Waals surface area (Å²) in [7, 11) is 0. The van der Waals surface area contributed by atoms with Crippen LogP contribution in [0.2, 0.25) is 0 Å². The standard InChI is InChI=1S/C11H12F3NO2/c1-6(16)11(15,5-12)4-7-2-8(13)10(17)9(14)3-7/h2-3,17H,4-5,15H2,1H3/t11-/m1/s1. The van der Waals surface area contributed by atoms with Crippen LogP contribution in [0.4, 0.5) is 13.2 Å². The molecule has 6 heteroatoms. The van der Waals surface area contributed by atoms with Gasteiger partial charge in [-0.25, -0.2) is 13.2 Å². The zero-order chi connectivity index (χ0) is 13.2. The summed E-state index contributed by atoms with van der Waals surface area (Å²) in [6, 6.07) is 1.64. The third-order valence-corrected chi connectivity index (χ3v) is 2.54. The predicted molar refractivity (Wildman–Crippen MR) is 55.3 cm³/mol. The maximum atomic E-state index is 13.0. The summed E-state index contributed by atoms with van der Waals surface area (Å²) >= 11 is 0. The highest BCUT2D eigenvalue weighted by Crippen LogP contribution is 2.23. The van der Waals surface area contributed by atoms with Crippen LogP contribution in [0.25, 0.3) is 0 Å². The third kappa shape index (κ3) is 2.76. The number of alkyl halides is 1. The van der Waals surface area contributed by atoms with Crippen LogP contribution in [-0.4, -0.2) is 23.1 Å². The number of phenols is 1. The molecule has 0 radical (unpaired) electrons. The van der Waals surface area contributed by atoms with Crippen molar-refractivity contribution in [3.8, 4) is 5.75 Å². The van der Waals surface area contributed by atoms with E-state index in [4.69, 9.17) is 10.8 Å². The smallest absolute Gasteiger partial charge is 0.187 e. The minimum Gasteiger partial charge on any atom is -0.503 e. The van der Waals surface area contributed by atoms with Crippen molar-refractivity contribution >= 4 is 5.78 Å². The first-order valence-electron chi connectivity index (χ1n) is 4.83. The molecule has 0 spiro atoms. The molecule has 0 aliphatic rings. The highest BCUT2D eigenvalue weighted by atomic mass is 19.1. The van der Waals surface area contributed by atoms with Crippen LogP contribution in [-0.2, 0) is 11.2 Å². The SMILES string of the molecule is CC(=O)[C@](N)(CF)Cc1cc(F)c(O)c(F)c1. The molecule has 17 heavy (non-hydrogen) atoms. The van der Waals surface area contributed by atoms with Crippen LogP contribution >= 0.6 is 0 Å². The van der Waals surface area contributed by atoms with Crippen molar-refractivity contribution in [2.45, 2.75) is 18.9 Å². The Kier molecular flexibility index (Phi) is 3.77. The van der Waals surface area contributed by atoms with E-state index in [-0.39, 0.29) is 12.0 Å². The van der Waals surface area contributed by atoms with Crippen molar-refractivity contribution in [2.24, 2.45) is 5.73 Å². The van der Waals surface area contributed by atoms with Gasteiger partial charge < -0.3 is 10.8 Å². The number of halogens is 3. The Hall–Kier alpha value is -1.56. The normalized spacial score (nSPS) is 14.4. The molecule has 3 nitrogen and oxygen atoms in total. The molecule has 0 unspecified atom stereocenters. The summed E-state index contributed by atoms with van der Waals surface area (Å²) in [4.78, 5) is 11.1. The lowest BCUT2D eigenvalue weighted by Gasteiger charge is -2.23. The van der Waals surface area contributed by atoms with Crippen molar-refractivity contribution in [3.05, 3.63) is 29.3 Å². The Morgan fingerprint density at radius 2 is 1.88 bits per heavy atom. The monoisotopic (exact) mass is 247 g/mol. The van der Waals surface area contributed by atoms with E-state index in [1.54, 1.807) is 0 Å². The Bertz CT molecular complexity index is 427. The summed E-state index contributed by atoms with van der Waals surface area (Å²) < 4.78 is 38.7. The molecule has 94 valence electrons. The molecule has 1 aromatic rings. The average Bonchev–Trinajstić information content (AvgIpc) is 2.25. The van der Waals surface area contributed by atoms with Gasteiger partial charge in [-0.3, -0.25) is 4.79 Å². The minimum absolute atomic E-state index is 0.00755. The van der Waals surface area contributed by atoms with Crippen LogP contribution in [0.3, 0.4) is 0 Å².